The van der Waals surface area contributed by atoms with E-state index in [2.05, 4.69) is 52.3 Å². The summed E-state index contributed by atoms with van der Waals surface area (Å²) in [6.07, 6.45) is 3.71. The number of piperidine rings is 1. The first-order valence-electron chi connectivity index (χ1n) is 9.97. The number of nitrogens with zero attached hydrogens (tertiary/aromatic N) is 3. The summed E-state index contributed by atoms with van der Waals surface area (Å²) < 4.78 is 0. The van der Waals surface area contributed by atoms with Gasteiger partial charge in [-0.1, -0.05) is 36.4 Å². The molecule has 1 fully saturated rings. The molecule has 0 saturated carbocycles. The minimum atomic E-state index is -0.848. The smallest absolute Gasteiger partial charge is 0.225 e. The second-order valence-corrected chi connectivity index (χ2v) is 8.31. The standard InChI is InChI=1S/C23H28N4O/c1-23(2,28)21(24)17-10-13-27(14-11-17)22-25-12-9-20(26-22)19-8-7-16-5-3-4-6-18(16)15-19/h3-9,12,15,17,21,28H,10-11,13-14,24H2,1-2H3/t21-/m1/s1. The zero-order valence-electron chi connectivity index (χ0n) is 16.5. The van der Waals surface area contributed by atoms with E-state index in [-0.39, 0.29) is 6.04 Å². The van der Waals surface area contributed by atoms with Gasteiger partial charge in [0.05, 0.1) is 11.3 Å². The van der Waals surface area contributed by atoms with Gasteiger partial charge in [-0.3, -0.25) is 0 Å². The summed E-state index contributed by atoms with van der Waals surface area (Å²) in [5.41, 5.74) is 7.44. The van der Waals surface area contributed by atoms with Gasteiger partial charge in [0.1, 0.15) is 0 Å². The maximum absolute atomic E-state index is 10.2. The van der Waals surface area contributed by atoms with E-state index in [1.165, 1.54) is 10.8 Å². The molecule has 0 aliphatic carbocycles. The van der Waals surface area contributed by atoms with Gasteiger partial charge in [0.2, 0.25) is 5.95 Å². The van der Waals surface area contributed by atoms with Gasteiger partial charge in [-0.15, -0.1) is 0 Å². The molecule has 0 bridgehead atoms. The van der Waals surface area contributed by atoms with E-state index in [4.69, 9.17) is 10.7 Å². The number of nitrogens with two attached hydrogens (primary N) is 1. The van der Waals surface area contributed by atoms with Crippen molar-refractivity contribution in [3.8, 4) is 11.3 Å². The minimum absolute atomic E-state index is 0.209. The molecule has 1 aliphatic heterocycles. The monoisotopic (exact) mass is 376 g/mol. The maximum Gasteiger partial charge on any atom is 0.225 e. The van der Waals surface area contributed by atoms with Crippen molar-refractivity contribution in [1.29, 1.82) is 0 Å². The number of aromatic nitrogens is 2. The fourth-order valence-corrected chi connectivity index (χ4v) is 4.05. The Kier molecular flexibility index (Phi) is 5.04. The van der Waals surface area contributed by atoms with Gasteiger partial charge >= 0.3 is 0 Å². The lowest BCUT2D eigenvalue weighted by Crippen LogP contribution is -2.51. The van der Waals surface area contributed by atoms with E-state index in [1.807, 2.05) is 12.3 Å². The fourth-order valence-electron chi connectivity index (χ4n) is 4.05. The molecule has 0 unspecified atom stereocenters. The Morgan fingerprint density at radius 1 is 1.07 bits per heavy atom. The Bertz CT molecular complexity index is 958. The first-order chi connectivity index (χ1) is 13.4. The third-order valence-electron chi connectivity index (χ3n) is 5.83. The summed E-state index contributed by atoms with van der Waals surface area (Å²) >= 11 is 0. The lowest BCUT2D eigenvalue weighted by molar-refractivity contribution is 0.0254. The van der Waals surface area contributed by atoms with Crippen LogP contribution in [0.5, 0.6) is 0 Å². The highest BCUT2D eigenvalue weighted by Crippen LogP contribution is 2.28. The molecule has 1 aromatic heterocycles. The van der Waals surface area contributed by atoms with E-state index in [9.17, 15) is 5.11 Å². The summed E-state index contributed by atoms with van der Waals surface area (Å²) in [6, 6.07) is 16.5. The number of hydrogen-bond donors (Lipinski definition) is 2. The number of aliphatic hydroxyl groups is 1. The molecular weight excluding hydrogens is 348 g/mol. The molecule has 5 nitrogen and oxygen atoms in total. The van der Waals surface area contributed by atoms with Gasteiger partial charge < -0.3 is 15.7 Å². The molecule has 1 saturated heterocycles. The summed E-state index contributed by atoms with van der Waals surface area (Å²) in [7, 11) is 0. The quantitative estimate of drug-likeness (QED) is 0.727. The van der Waals surface area contributed by atoms with Crippen LogP contribution in [-0.2, 0) is 0 Å². The van der Waals surface area contributed by atoms with Crippen LogP contribution in [0.15, 0.2) is 54.7 Å². The van der Waals surface area contributed by atoms with Gasteiger partial charge in [0, 0.05) is 30.9 Å². The maximum atomic E-state index is 10.2. The number of benzene rings is 2. The highest BCUT2D eigenvalue weighted by atomic mass is 16.3. The minimum Gasteiger partial charge on any atom is -0.389 e. The Labute approximate surface area is 166 Å². The molecule has 1 atom stereocenters. The van der Waals surface area contributed by atoms with Crippen molar-refractivity contribution in [2.45, 2.75) is 38.3 Å². The first kappa shape index (κ1) is 18.8. The predicted octanol–water partition coefficient (Wildman–Crippen LogP) is 3.61. The number of anilines is 1. The van der Waals surface area contributed by atoms with Crippen LogP contribution in [0.3, 0.4) is 0 Å². The van der Waals surface area contributed by atoms with Crippen LogP contribution in [0.4, 0.5) is 5.95 Å². The van der Waals surface area contributed by atoms with Crippen LogP contribution in [0.2, 0.25) is 0 Å². The van der Waals surface area contributed by atoms with Crippen LogP contribution < -0.4 is 10.6 Å². The lowest BCUT2D eigenvalue weighted by atomic mass is 9.82. The molecule has 3 aromatic rings. The van der Waals surface area contributed by atoms with Crippen molar-refractivity contribution in [2.75, 3.05) is 18.0 Å². The Morgan fingerprint density at radius 2 is 1.79 bits per heavy atom. The summed E-state index contributed by atoms with van der Waals surface area (Å²) in [5.74, 6) is 1.08. The molecule has 28 heavy (non-hydrogen) atoms. The van der Waals surface area contributed by atoms with Crippen molar-refractivity contribution in [2.24, 2.45) is 11.7 Å². The van der Waals surface area contributed by atoms with Crippen LogP contribution in [0.25, 0.3) is 22.0 Å². The zero-order chi connectivity index (χ0) is 19.7. The largest absolute Gasteiger partial charge is 0.389 e. The van der Waals surface area contributed by atoms with E-state index < -0.39 is 5.60 Å². The molecule has 3 N–H and O–H groups in total. The van der Waals surface area contributed by atoms with Crippen molar-refractivity contribution >= 4 is 16.7 Å². The van der Waals surface area contributed by atoms with Crippen molar-refractivity contribution < 1.29 is 5.11 Å². The Balaban J connectivity index is 1.51. The molecule has 5 heteroatoms. The third-order valence-corrected chi connectivity index (χ3v) is 5.83. The molecule has 146 valence electrons. The zero-order valence-corrected chi connectivity index (χ0v) is 16.5. The summed E-state index contributed by atoms with van der Waals surface area (Å²) in [6.45, 7) is 5.30. The second-order valence-electron chi connectivity index (χ2n) is 8.31. The Hall–Kier alpha value is -2.50. The number of rotatable bonds is 4. The van der Waals surface area contributed by atoms with Gasteiger partial charge in [-0.25, -0.2) is 9.97 Å². The average molecular weight is 377 g/mol. The molecular formula is C23H28N4O. The highest BCUT2D eigenvalue weighted by molar-refractivity contribution is 5.86. The van der Waals surface area contributed by atoms with E-state index >= 15 is 0 Å². The van der Waals surface area contributed by atoms with Crippen molar-refractivity contribution in [3.05, 3.63) is 54.7 Å². The van der Waals surface area contributed by atoms with Crippen LogP contribution in [0, 0.1) is 5.92 Å². The van der Waals surface area contributed by atoms with Crippen molar-refractivity contribution in [3.63, 3.8) is 0 Å². The molecule has 0 amide bonds. The summed E-state index contributed by atoms with van der Waals surface area (Å²) in [5, 5.41) is 12.6. The van der Waals surface area contributed by atoms with Crippen LogP contribution in [-0.4, -0.2) is 39.8 Å². The van der Waals surface area contributed by atoms with E-state index in [0.29, 0.717) is 5.92 Å². The molecule has 1 aliphatic rings. The molecule has 0 spiro atoms. The number of hydrogen-bond acceptors (Lipinski definition) is 5. The summed E-state index contributed by atoms with van der Waals surface area (Å²) in [4.78, 5) is 11.6. The molecule has 2 aromatic carbocycles. The Morgan fingerprint density at radius 3 is 2.50 bits per heavy atom. The highest BCUT2D eigenvalue weighted by Gasteiger charge is 2.33. The third kappa shape index (κ3) is 3.86. The van der Waals surface area contributed by atoms with Crippen LogP contribution in [0.1, 0.15) is 26.7 Å². The van der Waals surface area contributed by atoms with Gasteiger partial charge in [0.15, 0.2) is 0 Å². The first-order valence-corrected chi connectivity index (χ1v) is 9.97. The normalized spacial score (nSPS) is 17.1. The molecule has 0 radical (unpaired) electrons. The number of fused-ring (bicyclic) bond motifs is 1. The SMILES string of the molecule is CC(C)(O)[C@H](N)C1CCN(c2nccc(-c3ccc4ccccc4c3)n2)CC1. The van der Waals surface area contributed by atoms with E-state index in [0.717, 1.165) is 43.1 Å². The van der Waals surface area contributed by atoms with Gasteiger partial charge in [0.25, 0.3) is 0 Å². The van der Waals surface area contributed by atoms with Gasteiger partial charge in [-0.05, 0) is 55.5 Å². The van der Waals surface area contributed by atoms with Gasteiger partial charge in [-0.2, -0.15) is 0 Å². The predicted molar refractivity (Wildman–Crippen MR) is 114 cm³/mol. The topological polar surface area (TPSA) is 75.3 Å². The molecule has 4 rings (SSSR count). The average Bonchev–Trinajstić information content (AvgIpc) is 2.72. The van der Waals surface area contributed by atoms with Crippen LogP contribution >= 0.6 is 0 Å². The molecule has 2 heterocycles. The second kappa shape index (κ2) is 7.49. The van der Waals surface area contributed by atoms with E-state index in [1.54, 1.807) is 13.8 Å². The van der Waals surface area contributed by atoms with Crippen molar-refractivity contribution in [1.82, 2.24) is 9.97 Å². The lowest BCUT2D eigenvalue weighted by Gasteiger charge is -2.39. The fraction of sp³-hybridized carbons (Fsp3) is 0.391.